The van der Waals surface area contributed by atoms with Gasteiger partial charge in [-0.2, -0.15) is 0 Å². The highest BCUT2D eigenvalue weighted by molar-refractivity contribution is 7.03. The lowest BCUT2D eigenvalue weighted by Crippen LogP contribution is -2.43. The summed E-state index contributed by atoms with van der Waals surface area (Å²) in [7, 11) is 0. The van der Waals surface area contributed by atoms with Crippen LogP contribution in [-0.2, 0) is 11.3 Å². The van der Waals surface area contributed by atoms with Crippen LogP contribution < -0.4 is 5.32 Å². The fourth-order valence-electron chi connectivity index (χ4n) is 2.58. The van der Waals surface area contributed by atoms with Gasteiger partial charge in [0, 0.05) is 25.0 Å². The predicted molar refractivity (Wildman–Crippen MR) is 86.8 cm³/mol. The van der Waals surface area contributed by atoms with Gasteiger partial charge in [-0.3, -0.25) is 0 Å². The molecule has 1 amide bonds. The molecule has 1 aliphatic heterocycles. The average molecular weight is 326 g/mol. The van der Waals surface area contributed by atoms with Crippen LogP contribution in [0.15, 0.2) is 5.38 Å². The molecule has 1 aliphatic rings. The predicted octanol–water partition coefficient (Wildman–Crippen LogP) is 2.66. The zero-order valence-electron chi connectivity index (χ0n) is 13.7. The molecule has 6 nitrogen and oxygen atoms in total. The summed E-state index contributed by atoms with van der Waals surface area (Å²) in [6.07, 6.45) is 3.12. The van der Waals surface area contributed by atoms with Gasteiger partial charge in [0.2, 0.25) is 0 Å². The Kier molecular flexibility index (Phi) is 6.14. The summed E-state index contributed by atoms with van der Waals surface area (Å²) in [6.45, 7) is 9.03. The van der Waals surface area contributed by atoms with Crippen LogP contribution in [0.5, 0.6) is 0 Å². The molecule has 0 saturated carbocycles. The Hall–Kier alpha value is -1.21. The summed E-state index contributed by atoms with van der Waals surface area (Å²) in [5.74, 6) is 0.544. The number of piperidine rings is 1. The zero-order chi connectivity index (χ0) is 16.0. The Bertz CT molecular complexity index is 459. The lowest BCUT2D eigenvalue weighted by atomic mass is 9.95. The SMILES string of the molecule is CC(C)(C)OC(=O)N1CCCC(CCNCc2csnn2)C1. The lowest BCUT2D eigenvalue weighted by Gasteiger charge is -2.34. The molecule has 0 bridgehead atoms. The third kappa shape index (κ3) is 5.88. The molecule has 0 aliphatic carbocycles. The van der Waals surface area contributed by atoms with E-state index in [4.69, 9.17) is 4.74 Å². The Morgan fingerprint density at radius 2 is 2.36 bits per heavy atom. The molecule has 7 heteroatoms. The van der Waals surface area contributed by atoms with E-state index in [1.165, 1.54) is 18.0 Å². The van der Waals surface area contributed by atoms with E-state index in [-0.39, 0.29) is 6.09 Å². The molecular formula is C15H26N4O2S. The second-order valence-corrected chi connectivity index (χ2v) is 7.41. The Labute approximate surface area is 136 Å². The molecule has 1 atom stereocenters. The zero-order valence-corrected chi connectivity index (χ0v) is 14.5. The van der Waals surface area contributed by atoms with E-state index in [0.717, 1.165) is 44.7 Å². The van der Waals surface area contributed by atoms with Gasteiger partial charge in [0.1, 0.15) is 5.60 Å². The highest BCUT2D eigenvalue weighted by atomic mass is 32.1. The third-order valence-corrected chi connectivity index (χ3v) is 4.16. The van der Waals surface area contributed by atoms with Gasteiger partial charge in [-0.1, -0.05) is 4.49 Å². The van der Waals surface area contributed by atoms with Gasteiger partial charge in [-0.25, -0.2) is 4.79 Å². The highest BCUT2D eigenvalue weighted by Crippen LogP contribution is 2.21. The summed E-state index contributed by atoms with van der Waals surface area (Å²) >= 11 is 1.37. The molecule has 0 radical (unpaired) electrons. The number of carbonyl (C=O) groups is 1. The maximum absolute atomic E-state index is 12.1. The monoisotopic (exact) mass is 326 g/mol. The summed E-state index contributed by atoms with van der Waals surface area (Å²) < 4.78 is 9.30. The van der Waals surface area contributed by atoms with Gasteiger partial charge < -0.3 is 15.0 Å². The number of amides is 1. The third-order valence-electron chi connectivity index (χ3n) is 3.61. The quantitative estimate of drug-likeness (QED) is 0.843. The van der Waals surface area contributed by atoms with E-state index >= 15 is 0 Å². The van der Waals surface area contributed by atoms with Crippen LogP contribution in [-0.4, -0.2) is 45.8 Å². The van der Waals surface area contributed by atoms with Gasteiger partial charge in [0.15, 0.2) is 0 Å². The number of rotatable bonds is 5. The number of likely N-dealkylation sites (tertiary alicyclic amines) is 1. The smallest absolute Gasteiger partial charge is 0.410 e. The van der Waals surface area contributed by atoms with E-state index in [0.29, 0.717) is 5.92 Å². The summed E-state index contributed by atoms with van der Waals surface area (Å²) in [4.78, 5) is 14.0. The standard InChI is InChI=1S/C15H26N4O2S/c1-15(2,3)21-14(20)19-8-4-5-12(10-19)6-7-16-9-13-11-22-18-17-13/h11-12,16H,4-10H2,1-3H3. The minimum atomic E-state index is -0.423. The second-order valence-electron chi connectivity index (χ2n) is 6.80. The Morgan fingerprint density at radius 3 is 3.05 bits per heavy atom. The van der Waals surface area contributed by atoms with Gasteiger partial charge in [-0.05, 0) is 64.0 Å². The molecular weight excluding hydrogens is 300 g/mol. The maximum Gasteiger partial charge on any atom is 0.410 e. The van der Waals surface area contributed by atoms with Crippen molar-refractivity contribution >= 4 is 17.6 Å². The van der Waals surface area contributed by atoms with E-state index < -0.39 is 5.60 Å². The first kappa shape index (κ1) is 17.1. The molecule has 0 aromatic carbocycles. The van der Waals surface area contributed by atoms with Crippen molar-refractivity contribution in [3.05, 3.63) is 11.1 Å². The first-order chi connectivity index (χ1) is 10.4. The Balaban J connectivity index is 1.68. The Morgan fingerprint density at radius 1 is 1.55 bits per heavy atom. The number of hydrogen-bond acceptors (Lipinski definition) is 6. The number of nitrogens with one attached hydrogen (secondary N) is 1. The normalized spacial score (nSPS) is 19.2. The van der Waals surface area contributed by atoms with Crippen LogP contribution in [0.1, 0.15) is 45.7 Å². The molecule has 1 fully saturated rings. The number of nitrogens with zero attached hydrogens (tertiary/aromatic N) is 3. The minimum Gasteiger partial charge on any atom is -0.444 e. The fraction of sp³-hybridized carbons (Fsp3) is 0.800. The highest BCUT2D eigenvalue weighted by Gasteiger charge is 2.27. The van der Waals surface area contributed by atoms with Crippen molar-refractivity contribution in [1.82, 2.24) is 19.8 Å². The van der Waals surface area contributed by atoms with Gasteiger partial charge in [0.05, 0.1) is 5.69 Å². The van der Waals surface area contributed by atoms with E-state index in [1.54, 1.807) is 0 Å². The molecule has 2 rings (SSSR count). The first-order valence-electron chi connectivity index (χ1n) is 7.88. The largest absolute Gasteiger partial charge is 0.444 e. The minimum absolute atomic E-state index is 0.182. The second kappa shape index (κ2) is 7.87. The van der Waals surface area contributed by atoms with E-state index in [9.17, 15) is 4.79 Å². The summed E-state index contributed by atoms with van der Waals surface area (Å²) in [5, 5.41) is 9.35. The molecule has 1 aromatic heterocycles. The average Bonchev–Trinajstić information content (AvgIpc) is 2.95. The summed E-state index contributed by atoms with van der Waals surface area (Å²) in [5.41, 5.74) is 0.566. The van der Waals surface area contributed by atoms with Crippen LogP contribution in [0.2, 0.25) is 0 Å². The van der Waals surface area contributed by atoms with Crippen LogP contribution >= 0.6 is 11.5 Å². The van der Waals surface area contributed by atoms with Crippen LogP contribution in [0.3, 0.4) is 0 Å². The van der Waals surface area contributed by atoms with Gasteiger partial charge >= 0.3 is 6.09 Å². The van der Waals surface area contributed by atoms with Crippen molar-refractivity contribution in [1.29, 1.82) is 0 Å². The number of ether oxygens (including phenoxy) is 1. The van der Waals surface area contributed by atoms with Crippen molar-refractivity contribution in [3.8, 4) is 0 Å². The molecule has 22 heavy (non-hydrogen) atoms. The number of hydrogen-bond donors (Lipinski definition) is 1. The topological polar surface area (TPSA) is 67.3 Å². The molecule has 0 spiro atoms. The first-order valence-corrected chi connectivity index (χ1v) is 8.72. The van der Waals surface area contributed by atoms with Crippen molar-refractivity contribution in [3.63, 3.8) is 0 Å². The van der Waals surface area contributed by atoms with Gasteiger partial charge in [0.25, 0.3) is 0 Å². The van der Waals surface area contributed by atoms with Crippen LogP contribution in [0, 0.1) is 5.92 Å². The van der Waals surface area contributed by atoms with Crippen molar-refractivity contribution < 1.29 is 9.53 Å². The van der Waals surface area contributed by atoms with Crippen LogP contribution in [0.25, 0.3) is 0 Å². The molecule has 1 aromatic rings. The number of carbonyl (C=O) groups excluding carboxylic acids is 1. The van der Waals surface area contributed by atoms with E-state index in [1.807, 2.05) is 31.1 Å². The molecule has 1 saturated heterocycles. The van der Waals surface area contributed by atoms with Gasteiger partial charge in [-0.15, -0.1) is 5.10 Å². The van der Waals surface area contributed by atoms with Crippen molar-refractivity contribution in [2.75, 3.05) is 19.6 Å². The van der Waals surface area contributed by atoms with Crippen molar-refractivity contribution in [2.24, 2.45) is 5.92 Å². The van der Waals surface area contributed by atoms with Crippen molar-refractivity contribution in [2.45, 2.75) is 52.2 Å². The summed E-state index contributed by atoms with van der Waals surface area (Å²) in [6, 6.07) is 0. The lowest BCUT2D eigenvalue weighted by molar-refractivity contribution is 0.0162. The molecule has 2 heterocycles. The van der Waals surface area contributed by atoms with Crippen LogP contribution in [0.4, 0.5) is 4.79 Å². The molecule has 1 unspecified atom stereocenters. The maximum atomic E-state index is 12.1. The molecule has 1 N–H and O–H groups in total. The number of aromatic nitrogens is 2. The van der Waals surface area contributed by atoms with E-state index in [2.05, 4.69) is 14.9 Å². The fourth-order valence-corrected chi connectivity index (χ4v) is 3.03. The molecule has 124 valence electrons.